The minimum atomic E-state index is -0.634. The summed E-state index contributed by atoms with van der Waals surface area (Å²) in [6, 6.07) is 6.92. The average molecular weight is 390 g/mol. The Morgan fingerprint density at radius 1 is 1.26 bits per heavy atom. The van der Waals surface area contributed by atoms with E-state index in [9.17, 15) is 4.79 Å². The molecule has 1 atom stereocenters. The maximum atomic E-state index is 13.4. The van der Waals surface area contributed by atoms with Gasteiger partial charge in [-0.15, -0.1) is 0 Å². The lowest BCUT2D eigenvalue weighted by Gasteiger charge is -2.31. The van der Waals surface area contributed by atoms with Gasteiger partial charge in [-0.05, 0) is 50.5 Å². The van der Waals surface area contributed by atoms with Crippen molar-refractivity contribution in [2.75, 3.05) is 6.61 Å². The number of benzene rings is 1. The predicted octanol–water partition coefficient (Wildman–Crippen LogP) is 5.12. The van der Waals surface area contributed by atoms with E-state index in [1.807, 2.05) is 26.0 Å². The normalized spacial score (nSPS) is 16.9. The molecule has 6 heteroatoms. The van der Waals surface area contributed by atoms with Gasteiger partial charge < -0.3 is 4.74 Å². The first-order valence-corrected chi connectivity index (χ1v) is 10.1. The van der Waals surface area contributed by atoms with Gasteiger partial charge in [0.2, 0.25) is 0 Å². The molecular weight excluding hydrogens is 362 g/mol. The molecule has 27 heavy (non-hydrogen) atoms. The van der Waals surface area contributed by atoms with Gasteiger partial charge in [0, 0.05) is 5.02 Å². The van der Waals surface area contributed by atoms with Crippen LogP contribution in [0.1, 0.15) is 58.4 Å². The molecule has 1 aliphatic carbocycles. The molecule has 0 radical (unpaired) electrons. The van der Waals surface area contributed by atoms with Gasteiger partial charge in [-0.1, -0.05) is 43.7 Å². The molecule has 1 saturated carbocycles. The Bertz CT molecular complexity index is 722. The number of carbonyl (C=O) groups is 1. The molecule has 1 aromatic carbocycles. The zero-order valence-electron chi connectivity index (χ0n) is 16.1. The Kier molecular flexibility index (Phi) is 6.53. The van der Waals surface area contributed by atoms with E-state index in [0.717, 1.165) is 6.42 Å². The van der Waals surface area contributed by atoms with Crippen molar-refractivity contribution in [1.29, 1.82) is 0 Å². The van der Waals surface area contributed by atoms with Crippen LogP contribution < -0.4 is 4.74 Å². The highest BCUT2D eigenvalue weighted by Crippen LogP contribution is 2.34. The van der Waals surface area contributed by atoms with Gasteiger partial charge in [-0.25, -0.2) is 9.67 Å². The van der Waals surface area contributed by atoms with Crippen LogP contribution in [0.5, 0.6) is 5.75 Å². The van der Waals surface area contributed by atoms with Crippen LogP contribution >= 0.6 is 11.6 Å². The first-order valence-electron chi connectivity index (χ1n) is 9.72. The van der Waals surface area contributed by atoms with Crippen LogP contribution in [0.15, 0.2) is 36.9 Å². The summed E-state index contributed by atoms with van der Waals surface area (Å²) in [6.45, 7) is 4.19. The molecule has 1 aromatic heterocycles. The number of rotatable bonds is 8. The van der Waals surface area contributed by atoms with E-state index < -0.39 is 5.41 Å². The maximum absolute atomic E-state index is 13.4. The third-order valence-corrected chi connectivity index (χ3v) is 5.67. The largest absolute Gasteiger partial charge is 0.493 e. The van der Waals surface area contributed by atoms with E-state index in [1.54, 1.807) is 23.1 Å². The molecular formula is C21H28ClN3O2. The number of ether oxygens (including phenoxy) is 1. The highest BCUT2D eigenvalue weighted by atomic mass is 35.5. The zero-order chi connectivity index (χ0) is 19.3. The Hall–Kier alpha value is -1.88. The molecule has 1 aliphatic rings. The van der Waals surface area contributed by atoms with Crippen molar-refractivity contribution in [2.45, 2.75) is 58.4 Å². The number of Topliss-reactive ketones (excluding diaryl/α,β-unsaturated/α-hetero) is 1. The van der Waals surface area contributed by atoms with Crippen molar-refractivity contribution in [2.24, 2.45) is 11.3 Å². The fourth-order valence-electron chi connectivity index (χ4n) is 3.77. The minimum absolute atomic E-state index is 0.146. The summed E-state index contributed by atoms with van der Waals surface area (Å²) in [5.41, 5.74) is -0.634. The van der Waals surface area contributed by atoms with Gasteiger partial charge in [0.1, 0.15) is 31.1 Å². The highest BCUT2D eigenvalue weighted by Gasteiger charge is 2.37. The Balaban J connectivity index is 1.69. The molecule has 0 bridgehead atoms. The Labute approximate surface area is 166 Å². The number of nitrogens with zero attached hydrogens (tertiary/aromatic N) is 3. The summed E-state index contributed by atoms with van der Waals surface area (Å²) in [7, 11) is 0. The lowest BCUT2D eigenvalue weighted by molar-refractivity contribution is -0.133. The van der Waals surface area contributed by atoms with Crippen LogP contribution in [0.25, 0.3) is 0 Å². The average Bonchev–Trinajstić information content (AvgIpc) is 3.20. The second-order valence-electron chi connectivity index (χ2n) is 8.12. The van der Waals surface area contributed by atoms with E-state index in [0.29, 0.717) is 23.3 Å². The summed E-state index contributed by atoms with van der Waals surface area (Å²) < 4.78 is 7.60. The SMILES string of the molecule is CC(C)(COc1ccc(Cl)cc1)C(=O)C(CC1CCCCC1)n1cncn1. The monoisotopic (exact) mass is 389 g/mol. The molecule has 1 heterocycles. The highest BCUT2D eigenvalue weighted by molar-refractivity contribution is 6.30. The van der Waals surface area contributed by atoms with E-state index >= 15 is 0 Å². The van der Waals surface area contributed by atoms with Crippen LogP contribution in [0, 0.1) is 11.3 Å². The molecule has 1 fully saturated rings. The second kappa shape index (κ2) is 8.87. The van der Waals surface area contributed by atoms with E-state index in [1.165, 1.54) is 38.4 Å². The molecule has 0 spiro atoms. The van der Waals surface area contributed by atoms with Crippen LogP contribution in [-0.4, -0.2) is 27.2 Å². The third kappa shape index (κ3) is 5.32. The molecule has 3 rings (SSSR count). The van der Waals surface area contributed by atoms with E-state index in [-0.39, 0.29) is 11.8 Å². The summed E-state index contributed by atoms with van der Waals surface area (Å²) in [5, 5.41) is 4.94. The van der Waals surface area contributed by atoms with E-state index in [4.69, 9.17) is 16.3 Å². The van der Waals surface area contributed by atoms with Gasteiger partial charge in [0.05, 0.1) is 5.41 Å². The van der Waals surface area contributed by atoms with Crippen LogP contribution in [0.3, 0.4) is 0 Å². The number of carbonyl (C=O) groups excluding carboxylic acids is 1. The van der Waals surface area contributed by atoms with Crippen LogP contribution in [0.4, 0.5) is 0 Å². The fourth-order valence-corrected chi connectivity index (χ4v) is 3.89. The molecule has 0 saturated heterocycles. The molecule has 1 unspecified atom stereocenters. The first kappa shape index (κ1) is 19.9. The van der Waals surface area contributed by atoms with Crippen molar-refractivity contribution < 1.29 is 9.53 Å². The zero-order valence-corrected chi connectivity index (χ0v) is 16.9. The quantitative estimate of drug-likeness (QED) is 0.628. The Morgan fingerprint density at radius 3 is 2.59 bits per heavy atom. The van der Waals surface area contributed by atoms with Crippen LogP contribution in [-0.2, 0) is 4.79 Å². The van der Waals surface area contributed by atoms with Crippen molar-refractivity contribution >= 4 is 17.4 Å². The maximum Gasteiger partial charge on any atom is 0.166 e. The van der Waals surface area contributed by atoms with Gasteiger partial charge in [0.25, 0.3) is 0 Å². The molecule has 0 aliphatic heterocycles. The smallest absolute Gasteiger partial charge is 0.166 e. The van der Waals surface area contributed by atoms with Gasteiger partial charge in [-0.3, -0.25) is 4.79 Å². The lowest BCUT2D eigenvalue weighted by Crippen LogP contribution is -2.38. The van der Waals surface area contributed by atoms with Crippen molar-refractivity contribution in [3.63, 3.8) is 0 Å². The number of ketones is 1. The van der Waals surface area contributed by atoms with Crippen molar-refractivity contribution in [1.82, 2.24) is 14.8 Å². The van der Waals surface area contributed by atoms with Crippen molar-refractivity contribution in [3.05, 3.63) is 41.9 Å². The Morgan fingerprint density at radius 2 is 1.96 bits per heavy atom. The molecule has 5 nitrogen and oxygen atoms in total. The summed E-state index contributed by atoms with van der Waals surface area (Å²) in [4.78, 5) is 17.5. The minimum Gasteiger partial charge on any atom is -0.493 e. The summed E-state index contributed by atoms with van der Waals surface area (Å²) in [5.74, 6) is 1.43. The molecule has 146 valence electrons. The molecule has 2 aromatic rings. The van der Waals surface area contributed by atoms with Gasteiger partial charge in [-0.2, -0.15) is 5.10 Å². The van der Waals surface area contributed by atoms with Gasteiger partial charge in [0.15, 0.2) is 5.78 Å². The first-order chi connectivity index (χ1) is 13.0. The number of hydrogen-bond acceptors (Lipinski definition) is 4. The fraction of sp³-hybridized carbons (Fsp3) is 0.571. The summed E-state index contributed by atoms with van der Waals surface area (Å²) in [6.07, 6.45) is 10.2. The number of aromatic nitrogens is 3. The number of hydrogen-bond donors (Lipinski definition) is 0. The van der Waals surface area contributed by atoms with Gasteiger partial charge >= 0.3 is 0 Å². The van der Waals surface area contributed by atoms with Crippen molar-refractivity contribution in [3.8, 4) is 5.75 Å². The number of halogens is 1. The topological polar surface area (TPSA) is 57.0 Å². The standard InChI is InChI=1S/C21H28ClN3O2/c1-21(2,13-27-18-10-8-17(22)9-11-18)20(26)19(25-15-23-14-24-25)12-16-6-4-3-5-7-16/h8-11,14-16,19H,3-7,12-13H2,1-2H3. The predicted molar refractivity (Wildman–Crippen MR) is 106 cm³/mol. The lowest BCUT2D eigenvalue weighted by atomic mass is 9.78. The second-order valence-corrected chi connectivity index (χ2v) is 8.56. The summed E-state index contributed by atoms with van der Waals surface area (Å²) >= 11 is 5.92. The van der Waals surface area contributed by atoms with Crippen LogP contribution in [0.2, 0.25) is 5.02 Å². The van der Waals surface area contributed by atoms with E-state index in [2.05, 4.69) is 10.1 Å². The molecule has 0 N–H and O–H groups in total. The third-order valence-electron chi connectivity index (χ3n) is 5.42. The molecule has 0 amide bonds.